The summed E-state index contributed by atoms with van der Waals surface area (Å²) in [4.78, 5) is 22.3. The molecule has 0 fully saturated rings. The molecule has 110 valence electrons. The molecule has 1 atom stereocenters. The molecule has 0 spiro atoms. The standard InChI is InChI=1S/C14H18FNO4/c1-2-4-11(8-14(18)19)16-13(17)9-20-12-6-3-5-10(15)7-12/h3,5-7,11H,2,4,8-9H2,1H3,(H,16,17)(H,18,19). The lowest BCUT2D eigenvalue weighted by atomic mass is 10.1. The van der Waals surface area contributed by atoms with Crippen molar-refractivity contribution < 1.29 is 23.8 Å². The van der Waals surface area contributed by atoms with Crippen molar-refractivity contribution >= 4 is 11.9 Å². The van der Waals surface area contributed by atoms with Crippen LogP contribution in [0.5, 0.6) is 5.75 Å². The molecule has 0 aromatic heterocycles. The van der Waals surface area contributed by atoms with Gasteiger partial charge in [0.15, 0.2) is 6.61 Å². The maximum atomic E-state index is 12.9. The minimum atomic E-state index is -0.963. The van der Waals surface area contributed by atoms with Gasteiger partial charge in [-0.1, -0.05) is 19.4 Å². The summed E-state index contributed by atoms with van der Waals surface area (Å²) in [5.41, 5.74) is 0. The molecule has 2 N–H and O–H groups in total. The van der Waals surface area contributed by atoms with E-state index in [1.165, 1.54) is 24.3 Å². The van der Waals surface area contributed by atoms with Crippen LogP contribution in [-0.4, -0.2) is 29.6 Å². The van der Waals surface area contributed by atoms with Gasteiger partial charge in [-0.05, 0) is 18.6 Å². The second kappa shape index (κ2) is 8.14. The van der Waals surface area contributed by atoms with Crippen LogP contribution in [0, 0.1) is 5.82 Å². The molecule has 6 heteroatoms. The van der Waals surface area contributed by atoms with Crippen molar-refractivity contribution in [3.8, 4) is 5.75 Å². The normalized spacial score (nSPS) is 11.7. The van der Waals surface area contributed by atoms with Gasteiger partial charge in [0.05, 0.1) is 6.42 Å². The van der Waals surface area contributed by atoms with Gasteiger partial charge < -0.3 is 15.2 Å². The third-order valence-electron chi connectivity index (χ3n) is 2.59. The Hall–Kier alpha value is -2.11. The molecule has 1 amide bonds. The average Bonchev–Trinajstić information content (AvgIpc) is 2.36. The van der Waals surface area contributed by atoms with Crippen molar-refractivity contribution in [3.05, 3.63) is 30.1 Å². The number of carboxylic acids is 1. The number of halogens is 1. The number of amides is 1. The summed E-state index contributed by atoms with van der Waals surface area (Å²) in [5, 5.41) is 11.3. The Morgan fingerprint density at radius 2 is 2.20 bits per heavy atom. The number of ether oxygens (including phenoxy) is 1. The van der Waals surface area contributed by atoms with Gasteiger partial charge in [-0.15, -0.1) is 0 Å². The molecule has 0 saturated carbocycles. The van der Waals surface area contributed by atoms with Crippen LogP contribution in [0.15, 0.2) is 24.3 Å². The second-order valence-electron chi connectivity index (χ2n) is 4.40. The van der Waals surface area contributed by atoms with Crippen LogP contribution < -0.4 is 10.1 Å². The van der Waals surface area contributed by atoms with Crippen molar-refractivity contribution in [2.75, 3.05) is 6.61 Å². The number of carboxylic acid groups (broad SMARTS) is 1. The minimum absolute atomic E-state index is 0.125. The van der Waals surface area contributed by atoms with Crippen LogP contribution >= 0.6 is 0 Å². The Labute approximate surface area is 116 Å². The van der Waals surface area contributed by atoms with Gasteiger partial charge in [0.1, 0.15) is 11.6 Å². The summed E-state index contributed by atoms with van der Waals surface area (Å²) < 4.78 is 18.0. The maximum Gasteiger partial charge on any atom is 0.305 e. The van der Waals surface area contributed by atoms with E-state index < -0.39 is 23.7 Å². The van der Waals surface area contributed by atoms with E-state index in [4.69, 9.17) is 9.84 Å². The first-order chi connectivity index (χ1) is 9.51. The summed E-state index contributed by atoms with van der Waals surface area (Å²) in [6.45, 7) is 1.63. The zero-order chi connectivity index (χ0) is 15.0. The Balaban J connectivity index is 2.43. The molecule has 0 saturated heterocycles. The third kappa shape index (κ3) is 6.17. The molecule has 1 rings (SSSR count). The molecular formula is C14H18FNO4. The van der Waals surface area contributed by atoms with E-state index >= 15 is 0 Å². The number of hydrogen-bond acceptors (Lipinski definition) is 3. The molecular weight excluding hydrogens is 265 g/mol. The molecule has 0 aliphatic carbocycles. The van der Waals surface area contributed by atoms with Crippen molar-refractivity contribution in [1.82, 2.24) is 5.32 Å². The highest BCUT2D eigenvalue weighted by atomic mass is 19.1. The maximum absolute atomic E-state index is 12.9. The molecule has 1 unspecified atom stereocenters. The van der Waals surface area contributed by atoms with Crippen LogP contribution in [0.3, 0.4) is 0 Å². The van der Waals surface area contributed by atoms with E-state index in [0.717, 1.165) is 6.42 Å². The van der Waals surface area contributed by atoms with E-state index in [1.807, 2.05) is 6.92 Å². The lowest BCUT2D eigenvalue weighted by molar-refractivity contribution is -0.137. The molecule has 0 aliphatic heterocycles. The monoisotopic (exact) mass is 283 g/mol. The summed E-state index contributed by atoms with van der Waals surface area (Å²) in [6.07, 6.45) is 1.22. The fraction of sp³-hybridized carbons (Fsp3) is 0.429. The van der Waals surface area contributed by atoms with E-state index in [1.54, 1.807) is 0 Å². The van der Waals surface area contributed by atoms with Crippen molar-refractivity contribution in [2.45, 2.75) is 32.2 Å². The summed E-state index contributed by atoms with van der Waals surface area (Å²) in [5.74, 6) is -1.58. The third-order valence-corrected chi connectivity index (χ3v) is 2.59. The molecule has 0 bridgehead atoms. The van der Waals surface area contributed by atoms with Gasteiger partial charge >= 0.3 is 5.97 Å². The molecule has 0 aliphatic rings. The number of carbonyl (C=O) groups excluding carboxylic acids is 1. The van der Waals surface area contributed by atoms with Crippen molar-refractivity contribution in [2.24, 2.45) is 0 Å². The lowest BCUT2D eigenvalue weighted by Crippen LogP contribution is -2.39. The molecule has 20 heavy (non-hydrogen) atoms. The fourth-order valence-electron chi connectivity index (χ4n) is 1.76. The molecule has 0 heterocycles. The Morgan fingerprint density at radius 3 is 2.80 bits per heavy atom. The van der Waals surface area contributed by atoms with E-state index in [0.29, 0.717) is 6.42 Å². The number of benzene rings is 1. The van der Waals surface area contributed by atoms with Gasteiger partial charge in [-0.25, -0.2) is 4.39 Å². The highest BCUT2D eigenvalue weighted by Crippen LogP contribution is 2.11. The van der Waals surface area contributed by atoms with Crippen molar-refractivity contribution in [1.29, 1.82) is 0 Å². The summed E-state index contributed by atoms with van der Waals surface area (Å²) >= 11 is 0. The van der Waals surface area contributed by atoms with Gasteiger partial charge in [-0.2, -0.15) is 0 Å². The van der Waals surface area contributed by atoms with Crippen LogP contribution in [0.1, 0.15) is 26.2 Å². The zero-order valence-corrected chi connectivity index (χ0v) is 11.3. The fourth-order valence-corrected chi connectivity index (χ4v) is 1.76. The molecule has 1 aromatic rings. The minimum Gasteiger partial charge on any atom is -0.484 e. The Bertz CT molecular complexity index is 464. The van der Waals surface area contributed by atoms with Gasteiger partial charge in [0.2, 0.25) is 0 Å². The average molecular weight is 283 g/mol. The highest BCUT2D eigenvalue weighted by Gasteiger charge is 2.15. The quantitative estimate of drug-likeness (QED) is 0.764. The number of hydrogen-bond donors (Lipinski definition) is 2. The van der Waals surface area contributed by atoms with E-state index in [-0.39, 0.29) is 18.8 Å². The first-order valence-corrected chi connectivity index (χ1v) is 6.40. The topological polar surface area (TPSA) is 75.6 Å². The zero-order valence-electron chi connectivity index (χ0n) is 11.3. The number of carbonyl (C=O) groups is 2. The largest absolute Gasteiger partial charge is 0.484 e. The second-order valence-corrected chi connectivity index (χ2v) is 4.40. The van der Waals surface area contributed by atoms with Gasteiger partial charge in [-0.3, -0.25) is 9.59 Å². The van der Waals surface area contributed by atoms with Gasteiger partial charge in [0, 0.05) is 12.1 Å². The Morgan fingerprint density at radius 1 is 1.45 bits per heavy atom. The Kier molecular flexibility index (Phi) is 6.49. The van der Waals surface area contributed by atoms with Crippen LogP contribution in [-0.2, 0) is 9.59 Å². The molecule has 1 aromatic carbocycles. The van der Waals surface area contributed by atoms with E-state index in [2.05, 4.69) is 5.32 Å². The molecule has 5 nitrogen and oxygen atoms in total. The first kappa shape index (κ1) is 15.9. The van der Waals surface area contributed by atoms with E-state index in [9.17, 15) is 14.0 Å². The summed E-state index contributed by atoms with van der Waals surface area (Å²) in [7, 11) is 0. The van der Waals surface area contributed by atoms with Crippen LogP contribution in [0.2, 0.25) is 0 Å². The van der Waals surface area contributed by atoms with Gasteiger partial charge in [0.25, 0.3) is 5.91 Å². The lowest BCUT2D eigenvalue weighted by Gasteiger charge is -2.16. The summed E-state index contributed by atoms with van der Waals surface area (Å²) in [6, 6.07) is 5.05. The van der Waals surface area contributed by atoms with Crippen LogP contribution in [0.4, 0.5) is 4.39 Å². The highest BCUT2D eigenvalue weighted by molar-refractivity contribution is 5.78. The SMILES string of the molecule is CCCC(CC(=O)O)NC(=O)COc1cccc(F)c1. The predicted octanol–water partition coefficient (Wildman–Crippen LogP) is 1.96. The van der Waals surface area contributed by atoms with Crippen molar-refractivity contribution in [3.63, 3.8) is 0 Å². The number of aliphatic carboxylic acids is 1. The molecule has 0 radical (unpaired) electrons. The van der Waals surface area contributed by atoms with Crippen LogP contribution in [0.25, 0.3) is 0 Å². The number of rotatable bonds is 8. The number of nitrogens with one attached hydrogen (secondary N) is 1. The smallest absolute Gasteiger partial charge is 0.305 e. The first-order valence-electron chi connectivity index (χ1n) is 6.40. The predicted molar refractivity (Wildman–Crippen MR) is 71.0 cm³/mol.